The Kier molecular flexibility index (Phi) is 6.90. The molecule has 0 aliphatic rings. The molecule has 0 unspecified atom stereocenters. The molecule has 3 aromatic rings. The summed E-state index contributed by atoms with van der Waals surface area (Å²) < 4.78 is 55.5. The molecule has 0 radical (unpaired) electrons. The third-order valence-electron chi connectivity index (χ3n) is 5.19. The van der Waals surface area contributed by atoms with Crippen LogP contribution in [0.5, 0.6) is 0 Å². The number of pyridine rings is 1. The lowest BCUT2D eigenvalue weighted by atomic mass is 10.0. The Morgan fingerprint density at radius 2 is 1.88 bits per heavy atom. The summed E-state index contributed by atoms with van der Waals surface area (Å²) in [6, 6.07) is 4.56. The minimum absolute atomic E-state index is 0.0422. The number of para-hydroxylation sites is 1. The predicted molar refractivity (Wildman–Crippen MR) is 110 cm³/mol. The lowest BCUT2D eigenvalue weighted by Gasteiger charge is -2.29. The van der Waals surface area contributed by atoms with Crippen molar-refractivity contribution < 1.29 is 22.4 Å². The molecule has 10 heteroatoms. The Labute approximate surface area is 182 Å². The second kappa shape index (κ2) is 9.46. The van der Waals surface area contributed by atoms with Crippen molar-refractivity contribution in [2.75, 3.05) is 6.54 Å². The number of hydrogen-bond acceptors (Lipinski definition) is 4. The number of aryl methyl sites for hydroxylation is 1. The van der Waals surface area contributed by atoms with E-state index < -0.39 is 29.0 Å². The van der Waals surface area contributed by atoms with Crippen LogP contribution in [0.4, 0.5) is 17.6 Å². The molecule has 6 nitrogen and oxygen atoms in total. The van der Waals surface area contributed by atoms with E-state index in [4.69, 9.17) is 0 Å². The standard InChI is InChI=1S/C22H23F4N5O/c1-4-30(14(2)8-9-19-18(24)12-15(13-27-19)22(3,25)26)21(32)16-6-5-7-17(23)20(16)31-28-10-11-29-31/h5-7,10-14H,4,8-9H2,1-3H3/t14-/m0/s1. The van der Waals surface area contributed by atoms with Crippen molar-refractivity contribution in [3.63, 3.8) is 0 Å². The highest BCUT2D eigenvalue weighted by Crippen LogP contribution is 2.27. The Balaban J connectivity index is 1.78. The van der Waals surface area contributed by atoms with Crippen LogP contribution in [0.1, 0.15) is 48.8 Å². The van der Waals surface area contributed by atoms with E-state index in [1.54, 1.807) is 13.8 Å². The quantitative estimate of drug-likeness (QED) is 0.474. The summed E-state index contributed by atoms with van der Waals surface area (Å²) >= 11 is 0. The van der Waals surface area contributed by atoms with Gasteiger partial charge in [-0.15, -0.1) is 4.80 Å². The van der Waals surface area contributed by atoms with Crippen molar-refractivity contribution in [1.82, 2.24) is 24.9 Å². The lowest BCUT2D eigenvalue weighted by molar-refractivity contribution is 0.0167. The Bertz CT molecular complexity index is 1080. The maximum atomic E-state index is 14.5. The number of amides is 1. The summed E-state index contributed by atoms with van der Waals surface area (Å²) in [6.45, 7) is 4.55. The van der Waals surface area contributed by atoms with Crippen molar-refractivity contribution >= 4 is 5.91 Å². The number of carbonyl (C=O) groups excluding carboxylic acids is 1. The van der Waals surface area contributed by atoms with Crippen molar-refractivity contribution in [3.8, 4) is 5.69 Å². The molecule has 0 saturated carbocycles. The third-order valence-corrected chi connectivity index (χ3v) is 5.19. The zero-order chi connectivity index (χ0) is 23.5. The first-order valence-corrected chi connectivity index (χ1v) is 10.1. The van der Waals surface area contributed by atoms with Crippen molar-refractivity contribution in [3.05, 3.63) is 71.3 Å². The van der Waals surface area contributed by atoms with Crippen LogP contribution in [-0.2, 0) is 12.3 Å². The van der Waals surface area contributed by atoms with E-state index in [2.05, 4.69) is 15.2 Å². The zero-order valence-corrected chi connectivity index (χ0v) is 17.9. The number of hydrogen-bond donors (Lipinski definition) is 0. The minimum Gasteiger partial charge on any atom is -0.336 e. The van der Waals surface area contributed by atoms with Crippen LogP contribution in [0, 0.1) is 11.6 Å². The largest absolute Gasteiger partial charge is 0.336 e. The summed E-state index contributed by atoms with van der Waals surface area (Å²) in [5.41, 5.74) is -0.422. The minimum atomic E-state index is -3.18. The second-order valence-electron chi connectivity index (χ2n) is 7.47. The van der Waals surface area contributed by atoms with Gasteiger partial charge in [0.2, 0.25) is 0 Å². The first kappa shape index (κ1) is 23.4. The van der Waals surface area contributed by atoms with Crippen molar-refractivity contribution in [2.24, 2.45) is 0 Å². The van der Waals surface area contributed by atoms with Crippen LogP contribution < -0.4 is 0 Å². The molecular weight excluding hydrogens is 426 g/mol. The van der Waals surface area contributed by atoms with Crippen LogP contribution in [0.3, 0.4) is 0 Å². The second-order valence-corrected chi connectivity index (χ2v) is 7.47. The fraction of sp³-hybridized carbons (Fsp3) is 0.364. The molecule has 0 saturated heterocycles. The smallest absolute Gasteiger partial charge is 0.272 e. The van der Waals surface area contributed by atoms with Crippen LogP contribution in [-0.4, -0.2) is 43.4 Å². The van der Waals surface area contributed by atoms with Gasteiger partial charge in [0.15, 0.2) is 5.82 Å². The molecule has 0 bridgehead atoms. The van der Waals surface area contributed by atoms with Crippen LogP contribution in [0.15, 0.2) is 42.9 Å². The molecule has 0 aliphatic carbocycles. The molecule has 3 rings (SSSR count). The number of carbonyl (C=O) groups is 1. The van der Waals surface area contributed by atoms with E-state index in [1.165, 1.54) is 35.5 Å². The van der Waals surface area contributed by atoms with E-state index in [-0.39, 0.29) is 29.4 Å². The van der Waals surface area contributed by atoms with Crippen LogP contribution in [0.25, 0.3) is 5.69 Å². The first-order chi connectivity index (χ1) is 15.1. The Morgan fingerprint density at radius 1 is 1.19 bits per heavy atom. The van der Waals surface area contributed by atoms with E-state index >= 15 is 0 Å². The highest BCUT2D eigenvalue weighted by atomic mass is 19.3. The monoisotopic (exact) mass is 449 g/mol. The molecule has 32 heavy (non-hydrogen) atoms. The van der Waals surface area contributed by atoms with Gasteiger partial charge in [0.25, 0.3) is 11.8 Å². The molecular formula is C22H23F4N5O. The summed E-state index contributed by atoms with van der Waals surface area (Å²) in [5.74, 6) is -5.07. The molecule has 1 amide bonds. The molecule has 0 N–H and O–H groups in total. The molecule has 1 aromatic carbocycles. The number of halogens is 4. The van der Waals surface area contributed by atoms with E-state index in [0.717, 1.165) is 17.1 Å². The number of aromatic nitrogens is 4. The molecule has 0 fully saturated rings. The van der Waals surface area contributed by atoms with Gasteiger partial charge in [0.1, 0.15) is 11.5 Å². The van der Waals surface area contributed by atoms with Gasteiger partial charge in [0.05, 0.1) is 23.7 Å². The number of alkyl halides is 2. The van der Waals surface area contributed by atoms with Gasteiger partial charge in [-0.05, 0) is 44.9 Å². The highest BCUT2D eigenvalue weighted by molar-refractivity contribution is 5.98. The number of benzene rings is 1. The van der Waals surface area contributed by atoms with E-state index in [1.807, 2.05) is 0 Å². The molecule has 2 aromatic heterocycles. The maximum absolute atomic E-state index is 14.5. The van der Waals surface area contributed by atoms with Gasteiger partial charge in [-0.3, -0.25) is 9.78 Å². The molecule has 1 atom stereocenters. The SMILES string of the molecule is CCN(C(=O)c1cccc(F)c1-n1nccn1)[C@@H](C)CCc1ncc(C(C)(F)F)cc1F. The lowest BCUT2D eigenvalue weighted by Crippen LogP contribution is -2.39. The number of rotatable bonds is 8. The van der Waals surface area contributed by atoms with Gasteiger partial charge in [-0.25, -0.2) is 17.6 Å². The summed E-state index contributed by atoms with van der Waals surface area (Å²) in [5, 5.41) is 7.84. The van der Waals surface area contributed by atoms with Gasteiger partial charge in [-0.1, -0.05) is 6.07 Å². The van der Waals surface area contributed by atoms with Crippen LogP contribution >= 0.6 is 0 Å². The Morgan fingerprint density at radius 3 is 2.47 bits per heavy atom. The summed E-state index contributed by atoms with van der Waals surface area (Å²) in [6.07, 6.45) is 4.19. The molecule has 2 heterocycles. The van der Waals surface area contributed by atoms with Crippen LogP contribution in [0.2, 0.25) is 0 Å². The van der Waals surface area contributed by atoms with Gasteiger partial charge >= 0.3 is 0 Å². The topological polar surface area (TPSA) is 63.9 Å². The zero-order valence-electron chi connectivity index (χ0n) is 17.9. The number of nitrogens with zero attached hydrogens (tertiary/aromatic N) is 5. The van der Waals surface area contributed by atoms with Gasteiger partial charge < -0.3 is 4.90 Å². The Hall–Kier alpha value is -3.30. The fourth-order valence-corrected chi connectivity index (χ4v) is 3.42. The third kappa shape index (κ3) is 4.95. The van der Waals surface area contributed by atoms with Crippen molar-refractivity contribution in [1.29, 1.82) is 0 Å². The fourth-order valence-electron chi connectivity index (χ4n) is 3.42. The van der Waals surface area contributed by atoms with Gasteiger partial charge in [-0.2, -0.15) is 10.2 Å². The van der Waals surface area contributed by atoms with Gasteiger partial charge in [0, 0.05) is 31.3 Å². The molecule has 0 aliphatic heterocycles. The average Bonchev–Trinajstić information content (AvgIpc) is 3.26. The predicted octanol–water partition coefficient (Wildman–Crippen LogP) is 4.54. The first-order valence-electron chi connectivity index (χ1n) is 10.1. The summed E-state index contributed by atoms with van der Waals surface area (Å²) in [7, 11) is 0. The average molecular weight is 449 g/mol. The molecule has 170 valence electrons. The maximum Gasteiger partial charge on any atom is 0.272 e. The van der Waals surface area contributed by atoms with E-state index in [9.17, 15) is 22.4 Å². The summed E-state index contributed by atoms with van der Waals surface area (Å²) in [4.78, 5) is 19.6. The molecule has 0 spiro atoms. The van der Waals surface area contributed by atoms with Crippen molar-refractivity contribution in [2.45, 2.75) is 45.6 Å². The normalized spacial score (nSPS) is 12.6. The van der Waals surface area contributed by atoms with E-state index in [0.29, 0.717) is 19.9 Å². The highest BCUT2D eigenvalue weighted by Gasteiger charge is 2.27.